The maximum Gasteiger partial charge on any atom is 0.240 e. The molecule has 3 aromatic rings. The highest BCUT2D eigenvalue weighted by atomic mass is 16.1. The maximum absolute atomic E-state index is 11.9. The lowest BCUT2D eigenvalue weighted by Gasteiger charge is -2.26. The van der Waals surface area contributed by atoms with Crippen molar-refractivity contribution >= 4 is 22.5 Å². The summed E-state index contributed by atoms with van der Waals surface area (Å²) in [4.78, 5) is 18.5. The number of pyridine rings is 1. The number of nitrogens with zero attached hydrogens (tertiary/aromatic N) is 2. The number of benzene rings is 2. The van der Waals surface area contributed by atoms with Gasteiger partial charge in [0, 0.05) is 30.2 Å². The average molecular weight is 303 g/mol. The minimum Gasteiger partial charge on any atom is -0.368 e. The van der Waals surface area contributed by atoms with Crippen LogP contribution in [-0.2, 0) is 17.8 Å². The van der Waals surface area contributed by atoms with Gasteiger partial charge >= 0.3 is 0 Å². The van der Waals surface area contributed by atoms with E-state index in [2.05, 4.69) is 40.2 Å². The van der Waals surface area contributed by atoms with Crippen LogP contribution in [-0.4, -0.2) is 16.9 Å². The molecule has 2 heterocycles. The van der Waals surface area contributed by atoms with E-state index in [0.29, 0.717) is 13.0 Å². The molecule has 0 saturated carbocycles. The van der Waals surface area contributed by atoms with Crippen molar-refractivity contribution in [2.75, 3.05) is 4.90 Å². The molecule has 0 saturated heterocycles. The molecule has 0 spiro atoms. The maximum atomic E-state index is 11.9. The molecule has 1 aromatic heterocycles. The molecule has 0 bridgehead atoms. The van der Waals surface area contributed by atoms with Gasteiger partial charge in [0.1, 0.15) is 6.04 Å². The minimum absolute atomic E-state index is 0.283. The summed E-state index contributed by atoms with van der Waals surface area (Å²) in [5.74, 6) is -0.283. The molecule has 4 heteroatoms. The summed E-state index contributed by atoms with van der Waals surface area (Å²) in [6.07, 6.45) is 2.47. The number of carbonyl (C=O) groups excluding carboxylic acids is 1. The van der Waals surface area contributed by atoms with Crippen molar-refractivity contribution in [3.05, 3.63) is 71.9 Å². The van der Waals surface area contributed by atoms with Crippen LogP contribution in [0.3, 0.4) is 0 Å². The number of carbonyl (C=O) groups is 1. The molecule has 1 aliphatic rings. The molecule has 0 unspecified atom stereocenters. The highest BCUT2D eigenvalue weighted by Gasteiger charge is 2.33. The quantitative estimate of drug-likeness (QED) is 0.809. The van der Waals surface area contributed by atoms with Gasteiger partial charge in [0.25, 0.3) is 0 Å². The number of amides is 1. The number of para-hydroxylation sites is 2. The minimum atomic E-state index is -0.300. The Kier molecular flexibility index (Phi) is 3.23. The number of primary amides is 1. The van der Waals surface area contributed by atoms with Gasteiger partial charge < -0.3 is 10.6 Å². The Balaban J connectivity index is 1.78. The number of fused-ring (bicyclic) bond motifs is 2. The Morgan fingerprint density at radius 3 is 2.83 bits per heavy atom. The van der Waals surface area contributed by atoms with Gasteiger partial charge in [-0.25, -0.2) is 0 Å². The Bertz CT molecular complexity index is 885. The Hall–Kier alpha value is -2.88. The zero-order valence-electron chi connectivity index (χ0n) is 12.6. The fourth-order valence-corrected chi connectivity index (χ4v) is 3.38. The molecule has 0 aliphatic carbocycles. The molecular weight excluding hydrogens is 286 g/mol. The fraction of sp³-hybridized carbons (Fsp3) is 0.158. The first-order valence-electron chi connectivity index (χ1n) is 7.70. The summed E-state index contributed by atoms with van der Waals surface area (Å²) < 4.78 is 0. The first kappa shape index (κ1) is 13.8. The van der Waals surface area contributed by atoms with E-state index in [1.54, 1.807) is 6.20 Å². The molecule has 1 amide bonds. The Morgan fingerprint density at radius 2 is 1.96 bits per heavy atom. The van der Waals surface area contributed by atoms with Crippen LogP contribution in [0.5, 0.6) is 0 Å². The van der Waals surface area contributed by atoms with E-state index >= 15 is 0 Å². The molecule has 114 valence electrons. The SMILES string of the molecule is NC(=O)[C@@H]1Cc2ccccc2N1Cc1cccc2cccnc12. The first-order chi connectivity index (χ1) is 11.2. The van der Waals surface area contributed by atoms with Gasteiger partial charge in [-0.15, -0.1) is 0 Å². The summed E-state index contributed by atoms with van der Waals surface area (Å²) in [5.41, 5.74) is 9.97. The number of hydrogen-bond donors (Lipinski definition) is 1. The van der Waals surface area contributed by atoms with Crippen molar-refractivity contribution in [1.29, 1.82) is 0 Å². The normalized spacial score (nSPS) is 16.5. The van der Waals surface area contributed by atoms with Gasteiger partial charge in [-0.2, -0.15) is 0 Å². The number of anilines is 1. The summed E-state index contributed by atoms with van der Waals surface area (Å²) in [6.45, 7) is 0.624. The van der Waals surface area contributed by atoms with Gasteiger partial charge in [0.05, 0.1) is 5.52 Å². The van der Waals surface area contributed by atoms with Gasteiger partial charge in [0.2, 0.25) is 5.91 Å². The van der Waals surface area contributed by atoms with Crippen molar-refractivity contribution in [1.82, 2.24) is 4.98 Å². The van der Waals surface area contributed by atoms with Crippen LogP contribution >= 0.6 is 0 Å². The van der Waals surface area contributed by atoms with Crippen LogP contribution in [0.25, 0.3) is 10.9 Å². The van der Waals surface area contributed by atoms with Crippen molar-refractivity contribution in [3.8, 4) is 0 Å². The summed E-state index contributed by atoms with van der Waals surface area (Å²) >= 11 is 0. The standard InChI is InChI=1S/C19H17N3O/c20-19(23)17-11-14-5-1-2-9-16(14)22(17)12-15-7-3-6-13-8-4-10-21-18(13)15/h1-10,17H,11-12H2,(H2,20,23)/t17-/m0/s1. The van der Waals surface area contributed by atoms with Crippen LogP contribution in [0, 0.1) is 0 Å². The topological polar surface area (TPSA) is 59.2 Å². The summed E-state index contributed by atoms with van der Waals surface area (Å²) in [5, 5.41) is 1.10. The Morgan fingerprint density at radius 1 is 1.13 bits per heavy atom. The number of rotatable bonds is 3. The number of hydrogen-bond acceptors (Lipinski definition) is 3. The third-order valence-corrected chi connectivity index (χ3v) is 4.48. The van der Waals surface area contributed by atoms with E-state index in [-0.39, 0.29) is 11.9 Å². The zero-order chi connectivity index (χ0) is 15.8. The van der Waals surface area contributed by atoms with Gasteiger partial charge in [-0.1, -0.05) is 42.5 Å². The van der Waals surface area contributed by atoms with Crippen molar-refractivity contribution in [2.24, 2.45) is 5.73 Å². The molecule has 4 nitrogen and oxygen atoms in total. The Labute approximate surface area is 134 Å². The lowest BCUT2D eigenvalue weighted by molar-refractivity contribution is -0.119. The van der Waals surface area contributed by atoms with E-state index in [0.717, 1.165) is 22.2 Å². The molecule has 1 aliphatic heterocycles. The smallest absolute Gasteiger partial charge is 0.240 e. The van der Waals surface area contributed by atoms with E-state index in [1.807, 2.05) is 24.3 Å². The van der Waals surface area contributed by atoms with E-state index in [4.69, 9.17) is 5.73 Å². The van der Waals surface area contributed by atoms with Gasteiger partial charge in [-0.05, 0) is 23.3 Å². The van der Waals surface area contributed by atoms with Crippen LogP contribution in [0.4, 0.5) is 5.69 Å². The van der Waals surface area contributed by atoms with Crippen LogP contribution in [0.1, 0.15) is 11.1 Å². The molecule has 4 rings (SSSR count). The third-order valence-electron chi connectivity index (χ3n) is 4.48. The average Bonchev–Trinajstić information content (AvgIpc) is 2.94. The van der Waals surface area contributed by atoms with E-state index < -0.39 is 0 Å². The third kappa shape index (κ3) is 2.32. The highest BCUT2D eigenvalue weighted by molar-refractivity contribution is 5.88. The van der Waals surface area contributed by atoms with Crippen molar-refractivity contribution < 1.29 is 4.79 Å². The lowest BCUT2D eigenvalue weighted by atomic mass is 10.1. The van der Waals surface area contributed by atoms with E-state index in [9.17, 15) is 4.79 Å². The number of nitrogens with two attached hydrogens (primary N) is 1. The molecule has 2 N–H and O–H groups in total. The molecule has 0 fully saturated rings. The van der Waals surface area contributed by atoms with Crippen LogP contribution < -0.4 is 10.6 Å². The zero-order valence-corrected chi connectivity index (χ0v) is 12.6. The second-order valence-corrected chi connectivity index (χ2v) is 5.87. The predicted octanol–water partition coefficient (Wildman–Crippen LogP) is 2.65. The van der Waals surface area contributed by atoms with Gasteiger partial charge in [0.15, 0.2) is 0 Å². The fourth-order valence-electron chi connectivity index (χ4n) is 3.38. The molecule has 1 atom stereocenters. The molecular formula is C19H17N3O. The van der Waals surface area contributed by atoms with Gasteiger partial charge in [-0.3, -0.25) is 9.78 Å². The summed E-state index contributed by atoms with van der Waals surface area (Å²) in [6, 6.07) is 17.9. The molecule has 23 heavy (non-hydrogen) atoms. The van der Waals surface area contributed by atoms with Crippen molar-refractivity contribution in [2.45, 2.75) is 19.0 Å². The second kappa shape index (κ2) is 5.39. The van der Waals surface area contributed by atoms with Crippen LogP contribution in [0.2, 0.25) is 0 Å². The van der Waals surface area contributed by atoms with Crippen LogP contribution in [0.15, 0.2) is 60.8 Å². The number of aromatic nitrogens is 1. The predicted molar refractivity (Wildman–Crippen MR) is 91.1 cm³/mol. The molecule has 2 aromatic carbocycles. The lowest BCUT2D eigenvalue weighted by Crippen LogP contribution is -2.42. The monoisotopic (exact) mass is 303 g/mol. The molecule has 0 radical (unpaired) electrons. The largest absolute Gasteiger partial charge is 0.368 e. The van der Waals surface area contributed by atoms with Crippen molar-refractivity contribution in [3.63, 3.8) is 0 Å². The second-order valence-electron chi connectivity index (χ2n) is 5.87. The first-order valence-corrected chi connectivity index (χ1v) is 7.70. The highest BCUT2D eigenvalue weighted by Crippen LogP contribution is 2.34. The van der Waals surface area contributed by atoms with E-state index in [1.165, 1.54) is 5.56 Å². The summed E-state index contributed by atoms with van der Waals surface area (Å²) in [7, 11) is 0.